The van der Waals surface area contributed by atoms with Gasteiger partial charge in [-0.2, -0.15) is 4.31 Å². The van der Waals surface area contributed by atoms with Gasteiger partial charge in [0, 0.05) is 39.4 Å². The van der Waals surface area contributed by atoms with Crippen molar-refractivity contribution >= 4 is 16.2 Å². The molecule has 0 aliphatic carbocycles. The molecule has 0 N–H and O–H groups in total. The molecule has 0 spiro atoms. The predicted octanol–water partition coefficient (Wildman–Crippen LogP) is 2.20. The second kappa shape index (κ2) is 5.77. The van der Waals surface area contributed by atoms with Gasteiger partial charge in [0.25, 0.3) is 0 Å². The van der Waals surface area contributed by atoms with Gasteiger partial charge in [-0.05, 0) is 37.1 Å². The van der Waals surface area contributed by atoms with E-state index in [0.29, 0.717) is 18.7 Å². The molecule has 1 aromatic rings. The fraction of sp³-hybridized carbons (Fsp3) is 0.533. The topological polar surface area (TPSA) is 63.5 Å². The van der Waals surface area contributed by atoms with Crippen LogP contribution in [0.5, 0.6) is 0 Å². The summed E-state index contributed by atoms with van der Waals surface area (Å²) in [5, 5.41) is 11.9. The molecule has 21 heavy (non-hydrogen) atoms. The second-order valence-corrected chi connectivity index (χ2v) is 8.24. The summed E-state index contributed by atoms with van der Waals surface area (Å²) in [6, 6.07) is 6.46. The van der Waals surface area contributed by atoms with Crippen molar-refractivity contribution in [1.82, 2.24) is 4.31 Å². The summed E-state index contributed by atoms with van der Waals surface area (Å²) in [4.78, 5) is 0.287. The van der Waals surface area contributed by atoms with Crippen LogP contribution in [-0.2, 0) is 10.0 Å². The fourth-order valence-electron chi connectivity index (χ4n) is 2.13. The third-order valence-electron chi connectivity index (χ3n) is 3.51. The van der Waals surface area contributed by atoms with Crippen molar-refractivity contribution in [3.8, 4) is 0 Å². The Kier molecular flexibility index (Phi) is 4.39. The van der Waals surface area contributed by atoms with Gasteiger partial charge < -0.3 is 5.21 Å². The van der Waals surface area contributed by atoms with Crippen molar-refractivity contribution in [2.75, 3.05) is 13.1 Å². The molecule has 0 saturated carbocycles. The molecule has 1 fully saturated rings. The summed E-state index contributed by atoms with van der Waals surface area (Å²) >= 11 is 0. The molecule has 0 aromatic heterocycles. The zero-order chi connectivity index (χ0) is 15.7. The van der Waals surface area contributed by atoms with E-state index >= 15 is 0 Å². The maximum absolute atomic E-state index is 12.4. The van der Waals surface area contributed by atoms with E-state index in [4.69, 9.17) is 0 Å². The molecular weight excluding hydrogens is 288 g/mol. The number of rotatable bonds is 3. The Morgan fingerprint density at radius 3 is 2.14 bits per heavy atom. The standard InChI is InChI=1S/C15H22N2O3S/c1-15(2,3)17(18)12-13-6-8-14(9-7-13)21(19,20)16-10-4-5-11-16/h6-9,12H,4-5,10-11H2,1-3H3/b17-12+. The lowest BCUT2D eigenvalue weighted by Crippen LogP contribution is -2.29. The molecule has 6 heteroatoms. The molecule has 1 heterocycles. The normalized spacial score (nSPS) is 18.1. The molecule has 1 aliphatic heterocycles. The molecule has 2 rings (SSSR count). The Morgan fingerprint density at radius 1 is 1.14 bits per heavy atom. The van der Waals surface area contributed by atoms with Crippen LogP contribution in [-0.4, -0.2) is 42.3 Å². The number of hydrogen-bond acceptors (Lipinski definition) is 3. The van der Waals surface area contributed by atoms with Crippen molar-refractivity contribution in [1.29, 1.82) is 0 Å². The lowest BCUT2D eigenvalue weighted by atomic mass is 10.1. The van der Waals surface area contributed by atoms with Crippen LogP contribution >= 0.6 is 0 Å². The molecule has 0 amide bonds. The molecule has 0 bridgehead atoms. The maximum Gasteiger partial charge on any atom is 0.243 e. The Bertz CT molecular complexity index is 622. The van der Waals surface area contributed by atoms with Crippen molar-refractivity contribution in [3.63, 3.8) is 0 Å². The first-order chi connectivity index (χ1) is 9.71. The molecule has 116 valence electrons. The van der Waals surface area contributed by atoms with E-state index in [2.05, 4.69) is 0 Å². The summed E-state index contributed by atoms with van der Waals surface area (Å²) in [5.74, 6) is 0. The van der Waals surface area contributed by atoms with Crippen molar-refractivity contribution in [2.45, 2.75) is 44.0 Å². The highest BCUT2D eigenvalue weighted by molar-refractivity contribution is 7.89. The Hall–Kier alpha value is -1.40. The number of nitrogens with zero attached hydrogens (tertiary/aromatic N) is 2. The van der Waals surface area contributed by atoms with Crippen LogP contribution < -0.4 is 0 Å². The molecule has 0 unspecified atom stereocenters. The third-order valence-corrected chi connectivity index (χ3v) is 5.42. The summed E-state index contributed by atoms with van der Waals surface area (Å²) in [6.07, 6.45) is 3.32. The number of hydrogen-bond donors (Lipinski definition) is 0. The summed E-state index contributed by atoms with van der Waals surface area (Å²) < 4.78 is 27.1. The highest BCUT2D eigenvalue weighted by atomic mass is 32.2. The van der Waals surface area contributed by atoms with Gasteiger partial charge in [-0.1, -0.05) is 0 Å². The molecular formula is C15H22N2O3S. The van der Waals surface area contributed by atoms with Crippen molar-refractivity contribution in [2.24, 2.45) is 0 Å². The quantitative estimate of drug-likeness (QED) is 0.372. The van der Waals surface area contributed by atoms with Gasteiger partial charge in [0.1, 0.15) is 0 Å². The zero-order valence-corrected chi connectivity index (χ0v) is 13.6. The van der Waals surface area contributed by atoms with Gasteiger partial charge >= 0.3 is 0 Å². The minimum absolute atomic E-state index is 0.287. The van der Waals surface area contributed by atoms with Gasteiger partial charge in [0.15, 0.2) is 11.8 Å². The molecule has 0 radical (unpaired) electrons. The first-order valence-electron chi connectivity index (χ1n) is 7.13. The van der Waals surface area contributed by atoms with E-state index in [1.807, 2.05) is 20.8 Å². The van der Waals surface area contributed by atoms with Crippen LogP contribution in [0.1, 0.15) is 39.2 Å². The average molecular weight is 310 g/mol. The van der Waals surface area contributed by atoms with E-state index in [0.717, 1.165) is 17.6 Å². The Balaban J connectivity index is 2.23. The maximum atomic E-state index is 12.4. The summed E-state index contributed by atoms with van der Waals surface area (Å²) in [6.45, 7) is 6.65. The van der Waals surface area contributed by atoms with Gasteiger partial charge in [-0.15, -0.1) is 0 Å². The lowest BCUT2D eigenvalue weighted by molar-refractivity contribution is -0.530. The van der Waals surface area contributed by atoms with E-state index in [9.17, 15) is 13.6 Å². The van der Waals surface area contributed by atoms with E-state index in [-0.39, 0.29) is 4.90 Å². The minimum atomic E-state index is -3.38. The number of benzene rings is 1. The van der Waals surface area contributed by atoms with E-state index < -0.39 is 15.6 Å². The van der Waals surface area contributed by atoms with Gasteiger partial charge in [-0.25, -0.2) is 13.2 Å². The van der Waals surface area contributed by atoms with Crippen molar-refractivity contribution < 1.29 is 13.2 Å². The van der Waals surface area contributed by atoms with Crippen LogP contribution in [0.3, 0.4) is 0 Å². The summed E-state index contributed by atoms with van der Waals surface area (Å²) in [5.41, 5.74) is 0.181. The molecule has 1 saturated heterocycles. The average Bonchev–Trinajstić information content (AvgIpc) is 2.92. The van der Waals surface area contributed by atoms with Crippen LogP contribution in [0, 0.1) is 5.21 Å². The van der Waals surface area contributed by atoms with Crippen LogP contribution in [0.15, 0.2) is 29.2 Å². The fourth-order valence-corrected chi connectivity index (χ4v) is 3.65. The number of hydroxylamine groups is 1. The van der Waals surface area contributed by atoms with Crippen LogP contribution in [0.4, 0.5) is 0 Å². The van der Waals surface area contributed by atoms with Crippen molar-refractivity contribution in [3.05, 3.63) is 35.0 Å². The van der Waals surface area contributed by atoms with Gasteiger partial charge in [0.05, 0.1) is 4.90 Å². The SMILES string of the molecule is CC(C)(C)/[N+]([O-])=C\c1ccc(S(=O)(=O)N2CCCC2)cc1. The van der Waals surface area contributed by atoms with Gasteiger partial charge in [-0.3, -0.25) is 0 Å². The Morgan fingerprint density at radius 2 is 1.67 bits per heavy atom. The first-order valence-corrected chi connectivity index (χ1v) is 8.57. The summed E-state index contributed by atoms with van der Waals surface area (Å²) in [7, 11) is -3.38. The van der Waals surface area contributed by atoms with Gasteiger partial charge in [0.2, 0.25) is 10.0 Å². The highest BCUT2D eigenvalue weighted by Crippen LogP contribution is 2.20. The largest absolute Gasteiger partial charge is 0.623 e. The van der Waals surface area contributed by atoms with E-state index in [1.165, 1.54) is 10.5 Å². The minimum Gasteiger partial charge on any atom is -0.623 e. The first kappa shape index (κ1) is 16.0. The third kappa shape index (κ3) is 3.63. The molecule has 5 nitrogen and oxygen atoms in total. The van der Waals surface area contributed by atoms with E-state index in [1.54, 1.807) is 24.3 Å². The van der Waals surface area contributed by atoms with Crippen LogP contribution in [0.25, 0.3) is 0 Å². The smallest absolute Gasteiger partial charge is 0.243 e. The zero-order valence-electron chi connectivity index (χ0n) is 12.7. The molecule has 1 aliphatic rings. The number of sulfonamides is 1. The second-order valence-electron chi connectivity index (χ2n) is 6.31. The monoisotopic (exact) mass is 310 g/mol. The molecule has 1 aromatic carbocycles. The van der Waals surface area contributed by atoms with Crippen LogP contribution in [0.2, 0.25) is 0 Å². The highest BCUT2D eigenvalue weighted by Gasteiger charge is 2.27. The Labute approximate surface area is 126 Å². The molecule has 0 atom stereocenters. The predicted molar refractivity (Wildman–Crippen MR) is 83.0 cm³/mol. The lowest BCUT2D eigenvalue weighted by Gasteiger charge is -2.18.